The monoisotopic (exact) mass is 493 g/mol. The second-order valence-corrected chi connectivity index (χ2v) is 8.92. The Balaban J connectivity index is 0.000000414. The lowest BCUT2D eigenvalue weighted by molar-refractivity contribution is -0.134. The van der Waals surface area contributed by atoms with Crippen LogP contribution in [-0.4, -0.2) is 71.2 Å². The van der Waals surface area contributed by atoms with Crippen molar-refractivity contribution in [3.05, 3.63) is 60.7 Å². The summed E-state index contributed by atoms with van der Waals surface area (Å²) in [6.07, 6.45) is 0.690. The number of ether oxygens (including phenoxy) is 2. The Labute approximate surface area is 201 Å². The third-order valence-corrected chi connectivity index (χ3v) is 6.66. The zero-order valence-electron chi connectivity index (χ0n) is 18.0. The molecule has 2 aromatic rings. The van der Waals surface area contributed by atoms with Gasteiger partial charge in [0.05, 0.1) is 19.3 Å². The molecular weight excluding hydrogens is 466 g/mol. The summed E-state index contributed by atoms with van der Waals surface area (Å²) in [5, 5.41) is 29.3. The van der Waals surface area contributed by atoms with E-state index in [1.165, 1.54) is 4.90 Å². The van der Waals surface area contributed by atoms with Crippen LogP contribution in [0, 0.1) is 0 Å². The topological polar surface area (TPSA) is 125 Å². The Bertz CT molecular complexity index is 896. The summed E-state index contributed by atoms with van der Waals surface area (Å²) in [5.41, 5.74) is 0. The molecule has 8 nitrogen and oxygen atoms in total. The van der Waals surface area contributed by atoms with Crippen molar-refractivity contribution in [1.82, 2.24) is 5.32 Å². The number of hydrogen-bond acceptors (Lipinski definition) is 8. The maximum atomic E-state index is 10.3. The van der Waals surface area contributed by atoms with E-state index in [1.807, 2.05) is 42.5 Å². The molecule has 1 heterocycles. The number of fused-ring (bicyclic) bond motifs is 1. The van der Waals surface area contributed by atoms with Gasteiger partial charge in [-0.25, -0.2) is 9.59 Å². The molecule has 0 radical (unpaired) electrons. The maximum Gasteiger partial charge on any atom is 0.328 e. The highest BCUT2D eigenvalue weighted by atomic mass is 32.2. The number of carbonyl (C=O) groups is 2. The van der Waals surface area contributed by atoms with Crippen LogP contribution in [0.25, 0.3) is 0 Å². The number of benzene rings is 2. The first-order chi connectivity index (χ1) is 15.9. The van der Waals surface area contributed by atoms with Gasteiger partial charge in [-0.15, -0.1) is 23.5 Å². The average molecular weight is 494 g/mol. The number of rotatable bonds is 9. The second kappa shape index (κ2) is 14.5. The van der Waals surface area contributed by atoms with Crippen LogP contribution in [0.2, 0.25) is 0 Å². The molecule has 2 aromatic carbocycles. The largest absolute Gasteiger partial charge is 0.496 e. The van der Waals surface area contributed by atoms with Crippen molar-refractivity contribution in [1.29, 1.82) is 0 Å². The standard InChI is InChI=1S/C19H23NO3S2.C4H4O4/c1-22-16-6-2-4-8-18(16)25-13-15(21)10-20-14-11-23-17-7-3-5-9-19(17)24-12-14;5-3(6)1-2-4(7)8/h2-9,14-15,20-21H,10-13H2,1H3;1-2H,(H,5,6)(H,7,8)/b;2-1-/t14-,15?;/m1./s1. The van der Waals surface area contributed by atoms with Crippen molar-refractivity contribution in [2.24, 2.45) is 0 Å². The number of carboxylic acids is 2. The molecule has 4 N–H and O–H groups in total. The average Bonchev–Trinajstić information content (AvgIpc) is 3.03. The third kappa shape index (κ3) is 10.2. The van der Waals surface area contributed by atoms with E-state index in [-0.39, 0.29) is 6.04 Å². The Hall–Kier alpha value is -2.66. The van der Waals surface area contributed by atoms with Crippen LogP contribution in [0.1, 0.15) is 0 Å². The van der Waals surface area contributed by atoms with E-state index < -0.39 is 18.0 Å². The number of para-hydroxylation sites is 2. The number of methoxy groups -OCH3 is 1. The minimum atomic E-state index is -1.26. The van der Waals surface area contributed by atoms with Gasteiger partial charge in [0.1, 0.15) is 18.1 Å². The first-order valence-electron chi connectivity index (χ1n) is 10.0. The van der Waals surface area contributed by atoms with Crippen LogP contribution in [-0.2, 0) is 9.59 Å². The van der Waals surface area contributed by atoms with Crippen molar-refractivity contribution < 1.29 is 34.4 Å². The molecule has 0 amide bonds. The predicted octanol–water partition coefficient (Wildman–Crippen LogP) is 3.00. The molecule has 1 unspecified atom stereocenters. The zero-order chi connectivity index (χ0) is 24.1. The molecule has 1 aliphatic heterocycles. The first-order valence-corrected chi connectivity index (χ1v) is 12.0. The van der Waals surface area contributed by atoms with E-state index in [9.17, 15) is 14.7 Å². The number of aliphatic carboxylic acids is 2. The molecule has 33 heavy (non-hydrogen) atoms. The summed E-state index contributed by atoms with van der Waals surface area (Å²) in [6.45, 7) is 1.17. The van der Waals surface area contributed by atoms with Crippen LogP contribution < -0.4 is 14.8 Å². The van der Waals surface area contributed by atoms with Crippen LogP contribution in [0.15, 0.2) is 70.5 Å². The van der Waals surface area contributed by atoms with Gasteiger partial charge in [-0.2, -0.15) is 0 Å². The lowest BCUT2D eigenvalue weighted by Crippen LogP contribution is -2.41. The predicted molar refractivity (Wildman–Crippen MR) is 129 cm³/mol. The lowest BCUT2D eigenvalue weighted by Gasteiger charge is -2.18. The molecule has 0 saturated heterocycles. The highest BCUT2D eigenvalue weighted by Crippen LogP contribution is 2.32. The molecule has 0 spiro atoms. The maximum absolute atomic E-state index is 10.3. The van der Waals surface area contributed by atoms with Crippen molar-refractivity contribution in [3.63, 3.8) is 0 Å². The van der Waals surface area contributed by atoms with E-state index in [1.54, 1.807) is 30.6 Å². The Kier molecular flexibility index (Phi) is 11.7. The van der Waals surface area contributed by atoms with Crippen LogP contribution >= 0.6 is 23.5 Å². The Morgan fingerprint density at radius 3 is 2.55 bits per heavy atom. The van der Waals surface area contributed by atoms with Gasteiger partial charge in [-0.05, 0) is 24.3 Å². The van der Waals surface area contributed by atoms with Gasteiger partial charge in [-0.3, -0.25) is 0 Å². The van der Waals surface area contributed by atoms with Gasteiger partial charge < -0.3 is 30.1 Å². The highest BCUT2D eigenvalue weighted by Gasteiger charge is 2.18. The number of hydrogen-bond donors (Lipinski definition) is 4. The first kappa shape index (κ1) is 26.6. The minimum absolute atomic E-state index is 0.225. The summed E-state index contributed by atoms with van der Waals surface area (Å²) in [4.78, 5) is 21.3. The smallest absolute Gasteiger partial charge is 0.328 e. The van der Waals surface area contributed by atoms with Crippen molar-refractivity contribution >= 4 is 35.5 Å². The third-order valence-electron chi connectivity index (χ3n) is 4.24. The molecule has 2 atom stereocenters. The molecule has 0 bridgehead atoms. The van der Waals surface area contributed by atoms with Gasteiger partial charge >= 0.3 is 11.9 Å². The van der Waals surface area contributed by atoms with Crippen LogP contribution in [0.5, 0.6) is 11.5 Å². The quantitative estimate of drug-likeness (QED) is 0.306. The normalized spacial score (nSPS) is 15.9. The fourth-order valence-electron chi connectivity index (χ4n) is 2.66. The van der Waals surface area contributed by atoms with Gasteiger partial charge in [-0.1, -0.05) is 24.3 Å². The summed E-state index contributed by atoms with van der Waals surface area (Å²) in [6, 6.07) is 16.2. The fourth-order valence-corrected chi connectivity index (χ4v) is 4.66. The van der Waals surface area contributed by atoms with Crippen LogP contribution in [0.4, 0.5) is 0 Å². The molecule has 10 heteroatoms. The number of aliphatic hydroxyl groups is 1. The van der Waals surface area contributed by atoms with E-state index in [4.69, 9.17) is 19.7 Å². The lowest BCUT2D eigenvalue weighted by atomic mass is 10.3. The number of thioether (sulfide) groups is 2. The van der Waals surface area contributed by atoms with Gasteiger partial charge in [0.2, 0.25) is 0 Å². The number of carboxylic acid groups (broad SMARTS) is 2. The number of aliphatic hydroxyl groups excluding tert-OH is 1. The van der Waals surface area contributed by atoms with Crippen LogP contribution in [0.3, 0.4) is 0 Å². The fraction of sp³-hybridized carbons (Fsp3) is 0.304. The molecule has 1 aliphatic rings. The molecule has 0 aliphatic carbocycles. The second-order valence-electron chi connectivity index (χ2n) is 6.80. The Morgan fingerprint density at radius 1 is 1.18 bits per heavy atom. The van der Waals surface area contributed by atoms with Gasteiger partial charge in [0.15, 0.2) is 0 Å². The van der Waals surface area contributed by atoms with Crippen molar-refractivity contribution in [2.75, 3.05) is 31.8 Å². The summed E-state index contributed by atoms with van der Waals surface area (Å²) < 4.78 is 11.2. The summed E-state index contributed by atoms with van der Waals surface area (Å²) >= 11 is 3.40. The van der Waals surface area contributed by atoms with Crippen molar-refractivity contribution in [2.45, 2.75) is 21.9 Å². The van der Waals surface area contributed by atoms with E-state index >= 15 is 0 Å². The molecule has 0 aromatic heterocycles. The summed E-state index contributed by atoms with van der Waals surface area (Å²) in [7, 11) is 1.67. The van der Waals surface area contributed by atoms with E-state index in [0.717, 1.165) is 22.1 Å². The molecule has 0 fully saturated rings. The molecule has 3 rings (SSSR count). The van der Waals surface area contributed by atoms with Gasteiger partial charge in [0, 0.05) is 40.0 Å². The van der Waals surface area contributed by atoms with E-state index in [2.05, 4.69) is 11.4 Å². The SMILES string of the molecule is COc1ccccc1SCC(O)CN[C@@H]1COc2ccccc2SC1.O=C(O)/C=C\C(=O)O. The van der Waals surface area contributed by atoms with Gasteiger partial charge in [0.25, 0.3) is 0 Å². The highest BCUT2D eigenvalue weighted by molar-refractivity contribution is 7.99. The molecule has 0 saturated carbocycles. The zero-order valence-corrected chi connectivity index (χ0v) is 19.7. The summed E-state index contributed by atoms with van der Waals surface area (Å²) in [5.74, 6) is 0.834. The minimum Gasteiger partial charge on any atom is -0.496 e. The van der Waals surface area contributed by atoms with Crippen molar-refractivity contribution in [3.8, 4) is 11.5 Å². The number of nitrogens with one attached hydrogen (secondary N) is 1. The van der Waals surface area contributed by atoms with E-state index in [0.29, 0.717) is 31.1 Å². The Morgan fingerprint density at radius 2 is 1.85 bits per heavy atom. The molecular formula is C23H27NO7S2. The molecule has 178 valence electrons.